The number of hydrogen-bond acceptors (Lipinski definition) is 3. The standard InChI is InChI=1S/C14H27N3O/c1-6-13(7-2)17-9-8-12(16-17)10-15-14(3,4)11-18-5/h8-9,13,15H,6-7,10-11H2,1-5H3. The second kappa shape index (κ2) is 6.90. The van der Waals surface area contributed by atoms with Crippen molar-refractivity contribution in [3.63, 3.8) is 0 Å². The summed E-state index contributed by atoms with van der Waals surface area (Å²) in [5, 5.41) is 8.09. The average molecular weight is 253 g/mol. The summed E-state index contributed by atoms with van der Waals surface area (Å²) in [6.45, 7) is 10.2. The summed E-state index contributed by atoms with van der Waals surface area (Å²) >= 11 is 0. The molecule has 4 nitrogen and oxygen atoms in total. The van der Waals surface area contributed by atoms with Crippen LogP contribution in [0.15, 0.2) is 12.3 Å². The van der Waals surface area contributed by atoms with Crippen molar-refractivity contribution in [1.29, 1.82) is 0 Å². The smallest absolute Gasteiger partial charge is 0.0762 e. The molecule has 0 bridgehead atoms. The van der Waals surface area contributed by atoms with Crippen molar-refractivity contribution in [1.82, 2.24) is 15.1 Å². The zero-order valence-corrected chi connectivity index (χ0v) is 12.4. The van der Waals surface area contributed by atoms with Crippen LogP contribution in [0.1, 0.15) is 52.3 Å². The third-order valence-electron chi connectivity index (χ3n) is 3.23. The van der Waals surface area contributed by atoms with Crippen LogP contribution in [0.2, 0.25) is 0 Å². The number of ether oxygens (including phenoxy) is 1. The van der Waals surface area contributed by atoms with Gasteiger partial charge in [0.1, 0.15) is 0 Å². The van der Waals surface area contributed by atoms with Crippen LogP contribution < -0.4 is 5.32 Å². The highest BCUT2D eigenvalue weighted by atomic mass is 16.5. The van der Waals surface area contributed by atoms with Gasteiger partial charge in [0.25, 0.3) is 0 Å². The van der Waals surface area contributed by atoms with Gasteiger partial charge in [-0.25, -0.2) is 0 Å². The lowest BCUT2D eigenvalue weighted by Crippen LogP contribution is -2.42. The van der Waals surface area contributed by atoms with E-state index in [2.05, 4.69) is 55.1 Å². The summed E-state index contributed by atoms with van der Waals surface area (Å²) in [4.78, 5) is 0. The monoisotopic (exact) mass is 253 g/mol. The molecule has 0 unspecified atom stereocenters. The van der Waals surface area contributed by atoms with E-state index in [-0.39, 0.29) is 5.54 Å². The van der Waals surface area contributed by atoms with E-state index in [1.54, 1.807) is 7.11 Å². The Kier molecular flexibility index (Phi) is 5.82. The molecular formula is C14H27N3O. The van der Waals surface area contributed by atoms with E-state index in [0.717, 1.165) is 25.1 Å². The molecule has 0 radical (unpaired) electrons. The Morgan fingerprint density at radius 2 is 2.06 bits per heavy atom. The highest BCUT2D eigenvalue weighted by molar-refractivity contribution is 5.00. The van der Waals surface area contributed by atoms with Gasteiger partial charge in [-0.3, -0.25) is 4.68 Å². The summed E-state index contributed by atoms with van der Waals surface area (Å²) in [6, 6.07) is 2.61. The van der Waals surface area contributed by atoms with Gasteiger partial charge < -0.3 is 10.1 Å². The maximum atomic E-state index is 5.19. The third kappa shape index (κ3) is 4.42. The fourth-order valence-electron chi connectivity index (χ4n) is 2.08. The second-order valence-corrected chi connectivity index (χ2v) is 5.43. The van der Waals surface area contributed by atoms with E-state index in [9.17, 15) is 0 Å². The van der Waals surface area contributed by atoms with Crippen LogP contribution in [0, 0.1) is 0 Å². The number of aromatic nitrogens is 2. The van der Waals surface area contributed by atoms with Gasteiger partial charge in [0.05, 0.1) is 18.3 Å². The molecule has 1 aromatic rings. The number of rotatable bonds is 8. The van der Waals surface area contributed by atoms with E-state index < -0.39 is 0 Å². The van der Waals surface area contributed by atoms with Crippen molar-refractivity contribution in [2.45, 2.75) is 58.7 Å². The van der Waals surface area contributed by atoms with E-state index in [0.29, 0.717) is 12.6 Å². The van der Waals surface area contributed by atoms with E-state index in [1.807, 2.05) is 0 Å². The molecule has 4 heteroatoms. The highest BCUT2D eigenvalue weighted by Crippen LogP contribution is 2.14. The van der Waals surface area contributed by atoms with Crippen LogP contribution in [0.5, 0.6) is 0 Å². The number of hydrogen-bond donors (Lipinski definition) is 1. The van der Waals surface area contributed by atoms with Gasteiger partial charge in [-0.1, -0.05) is 13.8 Å². The number of methoxy groups -OCH3 is 1. The molecule has 0 aromatic carbocycles. The molecule has 0 saturated heterocycles. The first-order valence-electron chi connectivity index (χ1n) is 6.80. The molecule has 0 aliphatic carbocycles. The van der Waals surface area contributed by atoms with Gasteiger partial charge >= 0.3 is 0 Å². The largest absolute Gasteiger partial charge is 0.383 e. The molecule has 0 aliphatic rings. The fourth-order valence-corrected chi connectivity index (χ4v) is 2.08. The first kappa shape index (κ1) is 15.2. The SMILES string of the molecule is CCC(CC)n1ccc(CNC(C)(C)COC)n1. The molecule has 18 heavy (non-hydrogen) atoms. The molecule has 104 valence electrons. The summed E-state index contributed by atoms with van der Waals surface area (Å²) in [5.74, 6) is 0. The molecule has 0 fully saturated rings. The molecule has 0 saturated carbocycles. The van der Waals surface area contributed by atoms with Crippen LogP contribution in [-0.2, 0) is 11.3 Å². The highest BCUT2D eigenvalue weighted by Gasteiger charge is 2.17. The Labute approximate surface area is 111 Å². The van der Waals surface area contributed by atoms with Crippen LogP contribution in [0.25, 0.3) is 0 Å². The van der Waals surface area contributed by atoms with Crippen molar-refractivity contribution in [3.05, 3.63) is 18.0 Å². The van der Waals surface area contributed by atoms with E-state index in [1.165, 1.54) is 0 Å². The Hall–Kier alpha value is -0.870. The minimum absolute atomic E-state index is 0.0204. The van der Waals surface area contributed by atoms with Gasteiger partial charge in [0.15, 0.2) is 0 Å². The summed E-state index contributed by atoms with van der Waals surface area (Å²) in [5.41, 5.74) is 1.07. The molecule has 0 spiro atoms. The molecular weight excluding hydrogens is 226 g/mol. The summed E-state index contributed by atoms with van der Waals surface area (Å²) in [6.07, 6.45) is 4.33. The molecule has 1 heterocycles. The quantitative estimate of drug-likeness (QED) is 0.774. The van der Waals surface area contributed by atoms with Gasteiger partial charge in [-0.2, -0.15) is 5.10 Å². The Bertz CT molecular complexity index is 343. The Morgan fingerprint density at radius 3 is 2.61 bits per heavy atom. The number of nitrogens with zero attached hydrogens (tertiary/aromatic N) is 2. The second-order valence-electron chi connectivity index (χ2n) is 5.43. The van der Waals surface area contributed by atoms with E-state index >= 15 is 0 Å². The molecule has 0 aliphatic heterocycles. The lowest BCUT2D eigenvalue weighted by atomic mass is 10.1. The zero-order chi connectivity index (χ0) is 13.6. The normalized spacial score (nSPS) is 12.3. The predicted octanol–water partition coefficient (Wildman–Crippen LogP) is 2.76. The lowest BCUT2D eigenvalue weighted by molar-refractivity contribution is 0.127. The van der Waals surface area contributed by atoms with Gasteiger partial charge in [0, 0.05) is 25.4 Å². The molecule has 0 atom stereocenters. The fraction of sp³-hybridized carbons (Fsp3) is 0.786. The van der Waals surface area contributed by atoms with Crippen molar-refractivity contribution in [3.8, 4) is 0 Å². The minimum Gasteiger partial charge on any atom is -0.383 e. The predicted molar refractivity (Wildman–Crippen MR) is 74.6 cm³/mol. The zero-order valence-electron chi connectivity index (χ0n) is 12.4. The van der Waals surface area contributed by atoms with Crippen molar-refractivity contribution in [2.24, 2.45) is 0 Å². The van der Waals surface area contributed by atoms with Crippen LogP contribution in [0.4, 0.5) is 0 Å². The third-order valence-corrected chi connectivity index (χ3v) is 3.23. The van der Waals surface area contributed by atoms with Crippen LogP contribution >= 0.6 is 0 Å². The Morgan fingerprint density at radius 1 is 1.39 bits per heavy atom. The first-order valence-corrected chi connectivity index (χ1v) is 6.80. The van der Waals surface area contributed by atoms with Gasteiger partial charge in [0.2, 0.25) is 0 Å². The van der Waals surface area contributed by atoms with Crippen molar-refractivity contribution in [2.75, 3.05) is 13.7 Å². The topological polar surface area (TPSA) is 39.1 Å². The maximum Gasteiger partial charge on any atom is 0.0762 e. The van der Waals surface area contributed by atoms with Crippen LogP contribution in [-0.4, -0.2) is 29.0 Å². The molecule has 0 amide bonds. The average Bonchev–Trinajstić information content (AvgIpc) is 2.77. The lowest BCUT2D eigenvalue weighted by Gasteiger charge is -2.24. The van der Waals surface area contributed by atoms with Crippen molar-refractivity contribution >= 4 is 0 Å². The molecule has 1 rings (SSSR count). The first-order chi connectivity index (χ1) is 8.52. The van der Waals surface area contributed by atoms with Gasteiger partial charge in [-0.05, 0) is 32.8 Å². The summed E-state index contributed by atoms with van der Waals surface area (Å²) in [7, 11) is 1.73. The molecule has 1 N–H and O–H groups in total. The molecule has 1 aromatic heterocycles. The summed E-state index contributed by atoms with van der Waals surface area (Å²) < 4.78 is 7.27. The van der Waals surface area contributed by atoms with E-state index in [4.69, 9.17) is 4.74 Å². The maximum absolute atomic E-state index is 5.19. The Balaban J connectivity index is 2.54. The van der Waals surface area contributed by atoms with Crippen molar-refractivity contribution < 1.29 is 4.74 Å². The minimum atomic E-state index is -0.0204. The van der Waals surface area contributed by atoms with Crippen LogP contribution in [0.3, 0.4) is 0 Å². The number of nitrogens with one attached hydrogen (secondary N) is 1. The van der Waals surface area contributed by atoms with Gasteiger partial charge in [-0.15, -0.1) is 0 Å².